The van der Waals surface area contributed by atoms with Crippen LogP contribution >= 0.6 is 11.6 Å². The number of phenols is 1. The summed E-state index contributed by atoms with van der Waals surface area (Å²) in [6.45, 7) is 6.98. The van der Waals surface area contributed by atoms with E-state index in [9.17, 15) is 9.90 Å². The van der Waals surface area contributed by atoms with Gasteiger partial charge in [-0.1, -0.05) is 30.3 Å². The fourth-order valence-corrected chi connectivity index (χ4v) is 4.35. The number of anilines is 4. The second-order valence-electron chi connectivity index (χ2n) is 8.53. The lowest BCUT2D eigenvalue weighted by Gasteiger charge is -2.34. The number of phenolic OH excluding ortho intramolecular Hbond substituents is 1. The van der Waals surface area contributed by atoms with Gasteiger partial charge in [-0.2, -0.15) is 10.1 Å². The number of nitrogens with one attached hydrogen (secondary N) is 3. The molecule has 0 radical (unpaired) electrons. The number of aromatic amines is 1. The van der Waals surface area contributed by atoms with Crippen LogP contribution < -0.4 is 15.5 Å². The average Bonchev–Trinajstić information content (AvgIpc) is 3.26. The van der Waals surface area contributed by atoms with Gasteiger partial charge in [0.1, 0.15) is 5.75 Å². The Morgan fingerprint density at radius 1 is 1.14 bits per heavy atom. The zero-order valence-electron chi connectivity index (χ0n) is 19.6. The summed E-state index contributed by atoms with van der Waals surface area (Å²) in [6.07, 6.45) is 1.21. The van der Waals surface area contributed by atoms with Gasteiger partial charge in [0.2, 0.25) is 11.9 Å². The molecular formula is C25H25ClN8O2. The topological polar surface area (TPSA) is 122 Å². The Balaban J connectivity index is 1.50. The molecular weight excluding hydrogens is 480 g/mol. The van der Waals surface area contributed by atoms with Gasteiger partial charge in [0.05, 0.1) is 16.8 Å². The number of aromatic hydroxyl groups is 1. The van der Waals surface area contributed by atoms with E-state index in [2.05, 4.69) is 49.2 Å². The Morgan fingerprint density at radius 3 is 2.72 bits per heavy atom. The first kappa shape index (κ1) is 23.6. The number of likely N-dealkylation sites (N-methyl/N-ethyl adjacent to an activating group) is 1. The molecule has 0 unspecified atom stereocenters. The van der Waals surface area contributed by atoms with E-state index in [1.807, 2.05) is 18.2 Å². The highest BCUT2D eigenvalue weighted by molar-refractivity contribution is 6.35. The molecule has 0 aliphatic carbocycles. The second-order valence-corrected chi connectivity index (χ2v) is 8.88. The van der Waals surface area contributed by atoms with Crippen molar-refractivity contribution in [3.63, 3.8) is 0 Å². The van der Waals surface area contributed by atoms with Gasteiger partial charge in [-0.05, 0) is 43.5 Å². The minimum absolute atomic E-state index is 0.223. The second kappa shape index (κ2) is 9.84. The van der Waals surface area contributed by atoms with Crippen molar-refractivity contribution in [3.8, 4) is 17.0 Å². The van der Waals surface area contributed by atoms with Crippen LogP contribution in [0.15, 0.2) is 55.1 Å². The van der Waals surface area contributed by atoms with Crippen molar-refractivity contribution in [2.24, 2.45) is 0 Å². The lowest BCUT2D eigenvalue weighted by Crippen LogP contribution is -2.44. The summed E-state index contributed by atoms with van der Waals surface area (Å²) in [5.74, 6) is 0.237. The average molecular weight is 505 g/mol. The number of amides is 1. The molecule has 4 aromatic rings. The normalized spacial score (nSPS) is 14.1. The molecule has 1 aliphatic heterocycles. The summed E-state index contributed by atoms with van der Waals surface area (Å²) < 4.78 is 0. The van der Waals surface area contributed by atoms with E-state index in [0.717, 1.165) is 43.1 Å². The number of piperazine rings is 1. The molecule has 1 saturated heterocycles. The molecule has 11 heteroatoms. The van der Waals surface area contributed by atoms with Crippen molar-refractivity contribution < 1.29 is 9.90 Å². The summed E-state index contributed by atoms with van der Waals surface area (Å²) in [5.41, 5.74) is 3.81. The van der Waals surface area contributed by atoms with Gasteiger partial charge >= 0.3 is 0 Å². The van der Waals surface area contributed by atoms with Crippen molar-refractivity contribution in [1.29, 1.82) is 0 Å². The lowest BCUT2D eigenvalue weighted by molar-refractivity contribution is -0.111. The standard InChI is InChI=1S/C25H25ClN8O2/c1-3-20(36)27-16-6-4-5-15(13-16)22-21-23(26)31-32-24(21)30-25(29-22)28-17-7-8-19(35)18(14-17)34-11-9-33(2)10-12-34/h3-8,13-14,35H,1,9-12H2,2H3,(H,27,36)(H2,28,29,30,31,32). The Morgan fingerprint density at radius 2 is 1.94 bits per heavy atom. The number of halogens is 1. The number of H-pyrrole nitrogens is 1. The number of hydrogen-bond acceptors (Lipinski definition) is 8. The minimum Gasteiger partial charge on any atom is -0.506 e. The summed E-state index contributed by atoms with van der Waals surface area (Å²) in [4.78, 5) is 25.5. The molecule has 184 valence electrons. The molecule has 0 bridgehead atoms. The van der Waals surface area contributed by atoms with Crippen LogP contribution in [0.3, 0.4) is 0 Å². The van der Waals surface area contributed by atoms with Crippen LogP contribution in [0.4, 0.5) is 23.0 Å². The van der Waals surface area contributed by atoms with Crippen LogP contribution in [0.2, 0.25) is 5.15 Å². The van der Waals surface area contributed by atoms with Crippen LogP contribution in [0, 0.1) is 0 Å². The highest BCUT2D eigenvalue weighted by atomic mass is 35.5. The molecule has 0 atom stereocenters. The number of carbonyl (C=O) groups excluding carboxylic acids is 1. The molecule has 4 N–H and O–H groups in total. The quantitative estimate of drug-likeness (QED) is 0.229. The van der Waals surface area contributed by atoms with Crippen LogP contribution in [-0.4, -0.2) is 69.3 Å². The smallest absolute Gasteiger partial charge is 0.247 e. The maximum atomic E-state index is 11.8. The summed E-state index contributed by atoms with van der Waals surface area (Å²) in [6, 6.07) is 12.6. The van der Waals surface area contributed by atoms with E-state index in [0.29, 0.717) is 28.4 Å². The Labute approximate surface area is 212 Å². The maximum Gasteiger partial charge on any atom is 0.247 e. The number of rotatable bonds is 6. The predicted octanol–water partition coefficient (Wildman–Crippen LogP) is 4.00. The highest BCUT2D eigenvalue weighted by Crippen LogP contribution is 2.35. The first-order valence-corrected chi connectivity index (χ1v) is 11.8. The molecule has 3 heterocycles. The largest absolute Gasteiger partial charge is 0.506 e. The van der Waals surface area contributed by atoms with Gasteiger partial charge in [0.25, 0.3) is 0 Å². The zero-order valence-corrected chi connectivity index (χ0v) is 20.4. The van der Waals surface area contributed by atoms with Gasteiger partial charge in [-0.25, -0.2) is 4.98 Å². The van der Waals surface area contributed by atoms with E-state index in [1.54, 1.807) is 24.3 Å². The maximum absolute atomic E-state index is 11.8. The Bertz CT molecular complexity index is 1450. The van der Waals surface area contributed by atoms with Gasteiger partial charge in [0.15, 0.2) is 10.8 Å². The van der Waals surface area contributed by atoms with Crippen LogP contribution in [0.1, 0.15) is 0 Å². The van der Waals surface area contributed by atoms with Gasteiger partial charge in [-0.15, -0.1) is 0 Å². The summed E-state index contributed by atoms with van der Waals surface area (Å²) in [5, 5.41) is 24.2. The van der Waals surface area contributed by atoms with Crippen molar-refractivity contribution in [2.45, 2.75) is 0 Å². The molecule has 10 nitrogen and oxygen atoms in total. The third-order valence-electron chi connectivity index (χ3n) is 6.04. The monoisotopic (exact) mass is 504 g/mol. The fraction of sp³-hybridized carbons (Fsp3) is 0.200. The Hall–Kier alpha value is -4.15. The van der Waals surface area contributed by atoms with E-state index in [-0.39, 0.29) is 16.8 Å². The molecule has 36 heavy (non-hydrogen) atoms. The molecule has 0 saturated carbocycles. The lowest BCUT2D eigenvalue weighted by atomic mass is 10.1. The number of hydrogen-bond donors (Lipinski definition) is 4. The molecule has 2 aromatic heterocycles. The van der Waals surface area contributed by atoms with Crippen molar-refractivity contribution in [2.75, 3.05) is 48.8 Å². The van der Waals surface area contributed by atoms with E-state index >= 15 is 0 Å². The minimum atomic E-state index is -0.313. The first-order chi connectivity index (χ1) is 17.4. The number of benzene rings is 2. The third-order valence-corrected chi connectivity index (χ3v) is 6.31. The number of carbonyl (C=O) groups is 1. The molecule has 1 aliphatic rings. The summed E-state index contributed by atoms with van der Waals surface area (Å²) >= 11 is 6.36. The van der Waals surface area contributed by atoms with Crippen molar-refractivity contribution >= 4 is 51.6 Å². The molecule has 0 spiro atoms. The molecule has 2 aromatic carbocycles. The number of nitrogens with zero attached hydrogens (tertiary/aromatic N) is 5. The Kier molecular flexibility index (Phi) is 6.45. The van der Waals surface area contributed by atoms with Crippen molar-refractivity contribution in [1.82, 2.24) is 25.1 Å². The van der Waals surface area contributed by atoms with Crippen LogP contribution in [-0.2, 0) is 4.79 Å². The summed E-state index contributed by atoms with van der Waals surface area (Å²) in [7, 11) is 2.09. The van der Waals surface area contributed by atoms with Gasteiger partial charge in [-0.3, -0.25) is 9.89 Å². The molecule has 5 rings (SSSR count). The molecule has 1 amide bonds. The predicted molar refractivity (Wildman–Crippen MR) is 142 cm³/mol. The number of fused-ring (bicyclic) bond motifs is 1. The van der Waals surface area contributed by atoms with Crippen molar-refractivity contribution in [3.05, 3.63) is 60.3 Å². The third kappa shape index (κ3) is 4.81. The van der Waals surface area contributed by atoms with E-state index in [1.165, 1.54) is 6.08 Å². The van der Waals surface area contributed by atoms with Gasteiger partial charge in [0, 0.05) is 43.1 Å². The van der Waals surface area contributed by atoms with Crippen LogP contribution in [0.5, 0.6) is 5.75 Å². The van der Waals surface area contributed by atoms with E-state index in [4.69, 9.17) is 16.6 Å². The molecule has 1 fully saturated rings. The van der Waals surface area contributed by atoms with E-state index < -0.39 is 0 Å². The number of aromatic nitrogens is 4. The fourth-order valence-electron chi connectivity index (χ4n) is 4.13. The van der Waals surface area contributed by atoms with Gasteiger partial charge < -0.3 is 25.5 Å². The first-order valence-electron chi connectivity index (χ1n) is 11.4. The highest BCUT2D eigenvalue weighted by Gasteiger charge is 2.19. The SMILES string of the molecule is C=CC(=O)Nc1cccc(-c2nc(Nc3ccc(O)c(N4CCN(C)CC4)c3)nc3[nH]nc(Cl)c23)c1. The zero-order chi connectivity index (χ0) is 25.2. The van der Waals surface area contributed by atoms with Crippen LogP contribution in [0.25, 0.3) is 22.3 Å².